The molecule has 0 aliphatic carbocycles. The second-order valence-corrected chi connectivity index (χ2v) is 7.07. The van der Waals surface area contributed by atoms with Gasteiger partial charge >= 0.3 is 5.97 Å². The Hall–Kier alpha value is -2.86. The Morgan fingerprint density at radius 1 is 1.07 bits per heavy atom. The van der Waals surface area contributed by atoms with Crippen molar-refractivity contribution in [2.24, 2.45) is 0 Å². The average molecular weight is 381 g/mol. The number of rotatable bonds is 6. The van der Waals surface area contributed by atoms with Gasteiger partial charge in [0.05, 0.1) is 19.2 Å². The Morgan fingerprint density at radius 2 is 1.79 bits per heavy atom. The summed E-state index contributed by atoms with van der Waals surface area (Å²) in [5, 5.41) is 2.99. The Bertz CT molecular complexity index is 792. The van der Waals surface area contributed by atoms with E-state index in [1.54, 1.807) is 12.1 Å². The van der Waals surface area contributed by atoms with Crippen molar-refractivity contribution < 1.29 is 14.3 Å². The summed E-state index contributed by atoms with van der Waals surface area (Å²) in [6.45, 7) is 5.60. The molecule has 1 saturated heterocycles. The molecule has 0 radical (unpaired) electrons. The third-order valence-electron chi connectivity index (χ3n) is 5.10. The summed E-state index contributed by atoms with van der Waals surface area (Å²) in [6.07, 6.45) is 0. The van der Waals surface area contributed by atoms with Crippen molar-refractivity contribution in [3.05, 3.63) is 65.7 Å². The van der Waals surface area contributed by atoms with Gasteiger partial charge in [-0.1, -0.05) is 30.3 Å². The Labute approximate surface area is 166 Å². The lowest BCUT2D eigenvalue weighted by Gasteiger charge is -2.40. The molecule has 1 atom stereocenters. The number of hydrogen-bond acceptors (Lipinski definition) is 5. The van der Waals surface area contributed by atoms with Gasteiger partial charge in [-0.05, 0) is 36.8 Å². The van der Waals surface area contributed by atoms with Crippen LogP contribution in [-0.2, 0) is 16.1 Å². The first-order valence-corrected chi connectivity index (χ1v) is 9.55. The number of ether oxygens (including phenoxy) is 1. The Kier molecular flexibility index (Phi) is 6.66. The molecule has 1 amide bonds. The van der Waals surface area contributed by atoms with Crippen LogP contribution in [0.15, 0.2) is 54.6 Å². The number of methoxy groups -OCH3 is 1. The third kappa shape index (κ3) is 5.10. The molecular formula is C22H27N3O3. The maximum absolute atomic E-state index is 12.3. The standard InChI is InChI=1S/C22H27N3O3/c1-17-15-25(20-10-8-19(9-11-20)22(27)28-2)13-12-24(17)16-21(26)23-14-18-6-4-3-5-7-18/h3-11,17H,12-16H2,1-2H3,(H,23,26). The molecule has 1 aliphatic heterocycles. The summed E-state index contributed by atoms with van der Waals surface area (Å²) < 4.78 is 4.74. The minimum Gasteiger partial charge on any atom is -0.465 e. The zero-order valence-corrected chi connectivity index (χ0v) is 16.4. The highest BCUT2D eigenvalue weighted by Gasteiger charge is 2.25. The van der Waals surface area contributed by atoms with E-state index in [1.165, 1.54) is 7.11 Å². The minimum atomic E-state index is -0.328. The van der Waals surface area contributed by atoms with E-state index in [2.05, 4.69) is 22.0 Å². The second kappa shape index (κ2) is 9.37. The van der Waals surface area contributed by atoms with Crippen LogP contribution in [0.2, 0.25) is 0 Å². The van der Waals surface area contributed by atoms with Gasteiger partial charge in [0, 0.05) is 37.9 Å². The lowest BCUT2D eigenvalue weighted by molar-refractivity contribution is -0.123. The topological polar surface area (TPSA) is 61.9 Å². The van der Waals surface area contributed by atoms with Gasteiger partial charge in [0.1, 0.15) is 0 Å². The third-order valence-corrected chi connectivity index (χ3v) is 5.10. The lowest BCUT2D eigenvalue weighted by atomic mass is 10.1. The van der Waals surface area contributed by atoms with Crippen molar-refractivity contribution in [2.75, 3.05) is 38.2 Å². The number of nitrogens with one attached hydrogen (secondary N) is 1. The summed E-state index contributed by atoms with van der Waals surface area (Å²) in [6, 6.07) is 17.7. The normalized spacial score (nSPS) is 17.2. The fraction of sp³-hybridized carbons (Fsp3) is 0.364. The molecule has 2 aromatic carbocycles. The summed E-state index contributed by atoms with van der Waals surface area (Å²) in [7, 11) is 1.38. The molecule has 1 heterocycles. The second-order valence-electron chi connectivity index (χ2n) is 7.07. The average Bonchev–Trinajstić information content (AvgIpc) is 2.74. The predicted octanol–water partition coefficient (Wildman–Crippen LogP) is 2.30. The first kappa shape index (κ1) is 19.9. The fourth-order valence-electron chi connectivity index (χ4n) is 3.43. The summed E-state index contributed by atoms with van der Waals surface area (Å²) >= 11 is 0. The van der Waals surface area contributed by atoms with E-state index in [0.717, 1.165) is 30.9 Å². The van der Waals surface area contributed by atoms with Crippen molar-refractivity contribution in [1.82, 2.24) is 10.2 Å². The molecule has 6 heteroatoms. The summed E-state index contributed by atoms with van der Waals surface area (Å²) in [5.74, 6) is -0.280. The van der Waals surface area contributed by atoms with E-state index in [0.29, 0.717) is 18.7 Å². The molecular weight excluding hydrogens is 354 g/mol. The molecule has 0 saturated carbocycles. The largest absolute Gasteiger partial charge is 0.465 e. The Balaban J connectivity index is 1.49. The molecule has 0 bridgehead atoms. The van der Waals surface area contributed by atoms with Crippen molar-refractivity contribution in [1.29, 1.82) is 0 Å². The number of anilines is 1. The maximum Gasteiger partial charge on any atom is 0.337 e. The zero-order valence-electron chi connectivity index (χ0n) is 16.4. The SMILES string of the molecule is COC(=O)c1ccc(N2CCN(CC(=O)NCc3ccccc3)C(C)C2)cc1. The van der Waals surface area contributed by atoms with E-state index in [9.17, 15) is 9.59 Å². The predicted molar refractivity (Wildman–Crippen MR) is 109 cm³/mol. The van der Waals surface area contributed by atoms with Crippen LogP contribution in [0.1, 0.15) is 22.8 Å². The van der Waals surface area contributed by atoms with Gasteiger partial charge in [0.2, 0.25) is 5.91 Å². The smallest absolute Gasteiger partial charge is 0.337 e. The quantitative estimate of drug-likeness (QED) is 0.778. The van der Waals surface area contributed by atoms with E-state index in [-0.39, 0.29) is 17.9 Å². The fourth-order valence-corrected chi connectivity index (χ4v) is 3.43. The van der Waals surface area contributed by atoms with Crippen molar-refractivity contribution in [3.63, 3.8) is 0 Å². The number of hydrogen-bond donors (Lipinski definition) is 1. The molecule has 3 rings (SSSR count). The van der Waals surface area contributed by atoms with Crippen LogP contribution in [0, 0.1) is 0 Å². The number of piperazine rings is 1. The molecule has 2 aromatic rings. The molecule has 0 aromatic heterocycles. The molecule has 6 nitrogen and oxygen atoms in total. The molecule has 148 valence electrons. The maximum atomic E-state index is 12.3. The number of carbonyl (C=O) groups excluding carboxylic acids is 2. The van der Waals surface area contributed by atoms with Gasteiger partial charge in [-0.25, -0.2) is 4.79 Å². The first-order valence-electron chi connectivity index (χ1n) is 9.55. The minimum absolute atomic E-state index is 0.0478. The molecule has 1 fully saturated rings. The van der Waals surface area contributed by atoms with E-state index in [4.69, 9.17) is 4.74 Å². The highest BCUT2D eigenvalue weighted by molar-refractivity contribution is 5.89. The van der Waals surface area contributed by atoms with Crippen molar-refractivity contribution in [2.45, 2.75) is 19.5 Å². The van der Waals surface area contributed by atoms with Crippen molar-refractivity contribution >= 4 is 17.6 Å². The molecule has 1 aliphatic rings. The van der Waals surface area contributed by atoms with Crippen LogP contribution in [-0.4, -0.2) is 56.1 Å². The lowest BCUT2D eigenvalue weighted by Crippen LogP contribution is -2.54. The molecule has 1 N–H and O–H groups in total. The highest BCUT2D eigenvalue weighted by Crippen LogP contribution is 2.20. The monoisotopic (exact) mass is 381 g/mol. The number of benzene rings is 2. The van der Waals surface area contributed by atoms with Crippen LogP contribution >= 0.6 is 0 Å². The van der Waals surface area contributed by atoms with E-state index < -0.39 is 0 Å². The van der Waals surface area contributed by atoms with Crippen LogP contribution in [0.5, 0.6) is 0 Å². The molecule has 0 spiro atoms. The number of esters is 1. The summed E-state index contributed by atoms with van der Waals surface area (Å²) in [4.78, 5) is 28.4. The molecule has 1 unspecified atom stereocenters. The van der Waals surface area contributed by atoms with Gasteiger partial charge < -0.3 is 15.0 Å². The van der Waals surface area contributed by atoms with Crippen LogP contribution in [0.3, 0.4) is 0 Å². The highest BCUT2D eigenvalue weighted by atomic mass is 16.5. The van der Waals surface area contributed by atoms with Gasteiger partial charge in [-0.3, -0.25) is 9.69 Å². The van der Waals surface area contributed by atoms with Crippen molar-refractivity contribution in [3.8, 4) is 0 Å². The van der Waals surface area contributed by atoms with E-state index in [1.807, 2.05) is 42.5 Å². The van der Waals surface area contributed by atoms with Gasteiger partial charge in [0.15, 0.2) is 0 Å². The van der Waals surface area contributed by atoms with Crippen LogP contribution < -0.4 is 10.2 Å². The number of nitrogens with zero attached hydrogens (tertiary/aromatic N) is 2. The zero-order chi connectivity index (χ0) is 19.9. The van der Waals surface area contributed by atoms with Crippen LogP contribution in [0.25, 0.3) is 0 Å². The van der Waals surface area contributed by atoms with E-state index >= 15 is 0 Å². The number of amides is 1. The Morgan fingerprint density at radius 3 is 2.43 bits per heavy atom. The van der Waals surface area contributed by atoms with Gasteiger partial charge in [-0.2, -0.15) is 0 Å². The van der Waals surface area contributed by atoms with Crippen LogP contribution in [0.4, 0.5) is 5.69 Å². The van der Waals surface area contributed by atoms with Gasteiger partial charge in [0.25, 0.3) is 0 Å². The number of carbonyl (C=O) groups is 2. The van der Waals surface area contributed by atoms with Gasteiger partial charge in [-0.15, -0.1) is 0 Å². The molecule has 28 heavy (non-hydrogen) atoms. The summed E-state index contributed by atoms with van der Waals surface area (Å²) in [5.41, 5.74) is 2.73. The first-order chi connectivity index (χ1) is 13.6.